The van der Waals surface area contributed by atoms with Crippen molar-refractivity contribution in [3.05, 3.63) is 0 Å². The Morgan fingerprint density at radius 2 is 2.38 bits per heavy atom. The Morgan fingerprint density at radius 3 is 2.92 bits per heavy atom. The van der Waals surface area contributed by atoms with Crippen LogP contribution in [0.25, 0.3) is 0 Å². The predicted octanol–water partition coefficient (Wildman–Crippen LogP) is 0.339. The van der Waals surface area contributed by atoms with Gasteiger partial charge in [0.1, 0.15) is 0 Å². The Morgan fingerprint density at radius 1 is 1.62 bits per heavy atom. The molecule has 0 aromatic carbocycles. The molecule has 0 fully saturated rings. The molecule has 0 spiro atoms. The second-order valence-corrected chi connectivity index (χ2v) is 2.78. The van der Waals surface area contributed by atoms with Crippen LogP contribution in [-0.4, -0.2) is 26.1 Å². The minimum absolute atomic E-state index is 0.0419. The van der Waals surface area contributed by atoms with E-state index in [9.17, 15) is 4.79 Å². The van der Waals surface area contributed by atoms with Crippen LogP contribution < -0.4 is 5.32 Å². The molecule has 0 aliphatic heterocycles. The summed E-state index contributed by atoms with van der Waals surface area (Å²) in [6.45, 7) is 2.04. The standard InChI is InChI=1S/C7H13N5O/c1-3-4-5-6(13)8-7-9-10-11-12(7)2/h3-5H2,1-2H3,(H,8,9,11,13). The minimum atomic E-state index is -0.0419. The van der Waals surface area contributed by atoms with E-state index in [1.165, 1.54) is 4.68 Å². The number of nitrogens with one attached hydrogen (secondary N) is 1. The second kappa shape index (κ2) is 4.54. The van der Waals surface area contributed by atoms with E-state index in [4.69, 9.17) is 0 Å². The average Bonchev–Trinajstić information content (AvgIpc) is 2.48. The van der Waals surface area contributed by atoms with Crippen molar-refractivity contribution in [1.29, 1.82) is 0 Å². The highest BCUT2D eigenvalue weighted by molar-refractivity contribution is 5.88. The number of hydrogen-bond donors (Lipinski definition) is 1. The molecule has 0 radical (unpaired) electrons. The summed E-state index contributed by atoms with van der Waals surface area (Å²) in [5.74, 6) is 0.348. The number of aromatic nitrogens is 4. The highest BCUT2D eigenvalue weighted by atomic mass is 16.1. The number of hydrogen-bond acceptors (Lipinski definition) is 4. The molecule has 6 heteroatoms. The third-order valence-corrected chi connectivity index (χ3v) is 1.63. The van der Waals surface area contributed by atoms with E-state index in [0.29, 0.717) is 12.4 Å². The summed E-state index contributed by atoms with van der Waals surface area (Å²) in [5, 5.41) is 13.2. The zero-order valence-corrected chi connectivity index (χ0v) is 7.82. The third kappa shape index (κ3) is 2.81. The van der Waals surface area contributed by atoms with Crippen molar-refractivity contribution in [3.63, 3.8) is 0 Å². The Kier molecular flexibility index (Phi) is 3.36. The number of aryl methyl sites for hydroxylation is 1. The summed E-state index contributed by atoms with van der Waals surface area (Å²) in [6, 6.07) is 0. The summed E-state index contributed by atoms with van der Waals surface area (Å²) in [6.07, 6.45) is 2.41. The highest BCUT2D eigenvalue weighted by Gasteiger charge is 2.05. The number of unbranched alkanes of at least 4 members (excludes halogenated alkanes) is 1. The quantitative estimate of drug-likeness (QED) is 0.730. The van der Waals surface area contributed by atoms with E-state index in [1.807, 2.05) is 6.92 Å². The zero-order valence-electron chi connectivity index (χ0n) is 7.82. The van der Waals surface area contributed by atoms with Crippen LogP contribution in [0.1, 0.15) is 26.2 Å². The zero-order chi connectivity index (χ0) is 9.68. The van der Waals surface area contributed by atoms with Gasteiger partial charge in [0.2, 0.25) is 11.9 Å². The van der Waals surface area contributed by atoms with E-state index in [2.05, 4.69) is 20.8 Å². The van der Waals surface area contributed by atoms with Crippen LogP contribution in [0.5, 0.6) is 0 Å². The Labute approximate surface area is 76.3 Å². The topological polar surface area (TPSA) is 72.7 Å². The van der Waals surface area contributed by atoms with Gasteiger partial charge in [-0.15, -0.1) is 0 Å². The van der Waals surface area contributed by atoms with Gasteiger partial charge in [-0.3, -0.25) is 10.1 Å². The number of rotatable bonds is 4. The fraction of sp³-hybridized carbons (Fsp3) is 0.714. The van der Waals surface area contributed by atoms with Gasteiger partial charge in [-0.25, -0.2) is 4.68 Å². The van der Waals surface area contributed by atoms with Crippen molar-refractivity contribution in [3.8, 4) is 0 Å². The molecular weight excluding hydrogens is 170 g/mol. The molecule has 0 saturated heterocycles. The molecule has 0 aliphatic carbocycles. The van der Waals surface area contributed by atoms with Gasteiger partial charge < -0.3 is 0 Å². The van der Waals surface area contributed by atoms with Crippen molar-refractivity contribution in [2.24, 2.45) is 7.05 Å². The molecule has 1 amide bonds. The molecule has 1 rings (SSSR count). The summed E-state index contributed by atoms with van der Waals surface area (Å²) in [4.78, 5) is 11.2. The van der Waals surface area contributed by atoms with E-state index >= 15 is 0 Å². The highest BCUT2D eigenvalue weighted by Crippen LogP contribution is 2.00. The van der Waals surface area contributed by atoms with Crippen molar-refractivity contribution in [2.45, 2.75) is 26.2 Å². The fourth-order valence-electron chi connectivity index (χ4n) is 0.860. The molecule has 6 nitrogen and oxygen atoms in total. The first-order chi connectivity index (χ1) is 6.24. The SMILES string of the molecule is CCCCC(=O)Nc1nnnn1C. The van der Waals surface area contributed by atoms with Crippen molar-refractivity contribution in [1.82, 2.24) is 20.2 Å². The van der Waals surface area contributed by atoms with Gasteiger partial charge in [0.25, 0.3) is 0 Å². The second-order valence-electron chi connectivity index (χ2n) is 2.78. The van der Waals surface area contributed by atoms with Crippen LogP contribution in [0.4, 0.5) is 5.95 Å². The lowest BCUT2D eigenvalue weighted by atomic mass is 10.2. The van der Waals surface area contributed by atoms with Gasteiger partial charge in [0.15, 0.2) is 0 Å². The van der Waals surface area contributed by atoms with Crippen molar-refractivity contribution >= 4 is 11.9 Å². The lowest BCUT2D eigenvalue weighted by Gasteiger charge is -2.00. The number of carbonyl (C=O) groups is 1. The number of nitrogens with zero attached hydrogens (tertiary/aromatic N) is 4. The minimum Gasteiger partial charge on any atom is -0.293 e. The van der Waals surface area contributed by atoms with Crippen molar-refractivity contribution < 1.29 is 4.79 Å². The normalized spacial score (nSPS) is 10.0. The number of anilines is 1. The molecule has 1 heterocycles. The molecule has 0 atom stereocenters. The van der Waals surface area contributed by atoms with Gasteiger partial charge in [0, 0.05) is 13.5 Å². The van der Waals surface area contributed by atoms with Gasteiger partial charge in [-0.05, 0) is 16.8 Å². The van der Waals surface area contributed by atoms with Gasteiger partial charge in [-0.2, -0.15) is 0 Å². The first kappa shape index (κ1) is 9.63. The van der Waals surface area contributed by atoms with Crippen LogP contribution in [0.15, 0.2) is 0 Å². The largest absolute Gasteiger partial charge is 0.293 e. The number of carbonyl (C=O) groups excluding carboxylic acids is 1. The predicted molar refractivity (Wildman–Crippen MR) is 47.0 cm³/mol. The summed E-state index contributed by atoms with van der Waals surface area (Å²) in [7, 11) is 1.68. The Balaban J connectivity index is 2.41. The molecule has 0 saturated carbocycles. The lowest BCUT2D eigenvalue weighted by molar-refractivity contribution is -0.116. The maximum atomic E-state index is 11.2. The number of amides is 1. The van der Waals surface area contributed by atoms with Crippen LogP contribution in [0.3, 0.4) is 0 Å². The molecular formula is C7H13N5O. The van der Waals surface area contributed by atoms with Gasteiger partial charge in [0.05, 0.1) is 0 Å². The van der Waals surface area contributed by atoms with Crippen LogP contribution in [0.2, 0.25) is 0 Å². The summed E-state index contributed by atoms with van der Waals surface area (Å²) in [5.41, 5.74) is 0. The average molecular weight is 183 g/mol. The maximum Gasteiger partial charge on any atom is 0.249 e. The first-order valence-corrected chi connectivity index (χ1v) is 4.26. The molecule has 13 heavy (non-hydrogen) atoms. The lowest BCUT2D eigenvalue weighted by Crippen LogP contribution is -2.14. The molecule has 1 aromatic heterocycles. The van der Waals surface area contributed by atoms with Gasteiger partial charge >= 0.3 is 0 Å². The molecule has 72 valence electrons. The smallest absolute Gasteiger partial charge is 0.249 e. The van der Waals surface area contributed by atoms with Crippen LogP contribution >= 0.6 is 0 Å². The van der Waals surface area contributed by atoms with E-state index in [0.717, 1.165) is 12.8 Å². The maximum absolute atomic E-state index is 11.2. The van der Waals surface area contributed by atoms with E-state index in [-0.39, 0.29) is 5.91 Å². The van der Waals surface area contributed by atoms with Crippen LogP contribution in [0, 0.1) is 0 Å². The summed E-state index contributed by atoms with van der Waals surface area (Å²) >= 11 is 0. The molecule has 0 bridgehead atoms. The Hall–Kier alpha value is -1.46. The molecule has 0 aliphatic rings. The van der Waals surface area contributed by atoms with Crippen molar-refractivity contribution in [2.75, 3.05) is 5.32 Å². The van der Waals surface area contributed by atoms with E-state index in [1.54, 1.807) is 7.05 Å². The monoisotopic (exact) mass is 183 g/mol. The summed E-state index contributed by atoms with van der Waals surface area (Å²) < 4.78 is 1.42. The molecule has 1 N–H and O–H groups in total. The molecule has 1 aromatic rings. The third-order valence-electron chi connectivity index (χ3n) is 1.63. The first-order valence-electron chi connectivity index (χ1n) is 4.26. The molecule has 0 unspecified atom stereocenters. The van der Waals surface area contributed by atoms with E-state index < -0.39 is 0 Å². The Bertz CT molecular complexity index is 282. The van der Waals surface area contributed by atoms with Gasteiger partial charge in [-0.1, -0.05) is 18.4 Å². The van der Waals surface area contributed by atoms with Crippen LogP contribution in [-0.2, 0) is 11.8 Å². The fourth-order valence-corrected chi connectivity index (χ4v) is 0.860. The number of tetrazole rings is 1.